The van der Waals surface area contributed by atoms with Crippen LogP contribution in [0.1, 0.15) is 44.6 Å². The number of likely N-dealkylation sites (N-methyl/N-ethyl adjacent to an activating group) is 1. The first kappa shape index (κ1) is 17.8. The maximum Gasteiger partial charge on any atom is 0.237 e. The van der Waals surface area contributed by atoms with E-state index in [0.29, 0.717) is 6.54 Å². The largest absolute Gasteiger partial charge is 0.494 e. The monoisotopic (exact) mass is 318 g/mol. The standard InChI is InChI=1S/C19H30N2O2/c1-3-15-23-17-10-8-16(9-11-17)12-13-20-19(22)18-7-5-4-6-14-21(18)2/h8-11,18H,3-7,12-15H2,1-2H3,(H,20,22). The third-order valence-electron chi connectivity index (χ3n) is 4.43. The second-order valence-corrected chi connectivity index (χ2v) is 6.38. The molecule has 1 aliphatic heterocycles. The number of nitrogens with zero attached hydrogens (tertiary/aromatic N) is 1. The fraction of sp³-hybridized carbons (Fsp3) is 0.632. The van der Waals surface area contributed by atoms with Gasteiger partial charge in [-0.2, -0.15) is 0 Å². The molecule has 0 aromatic heterocycles. The van der Waals surface area contributed by atoms with Crippen LogP contribution in [-0.2, 0) is 11.2 Å². The van der Waals surface area contributed by atoms with Crippen molar-refractivity contribution in [1.82, 2.24) is 10.2 Å². The van der Waals surface area contributed by atoms with Crippen LogP contribution >= 0.6 is 0 Å². The number of hydrogen-bond donors (Lipinski definition) is 1. The van der Waals surface area contributed by atoms with E-state index in [-0.39, 0.29) is 11.9 Å². The Morgan fingerprint density at radius 2 is 2.04 bits per heavy atom. The van der Waals surface area contributed by atoms with Crippen molar-refractivity contribution in [2.45, 2.75) is 51.5 Å². The van der Waals surface area contributed by atoms with E-state index >= 15 is 0 Å². The number of likely N-dealkylation sites (tertiary alicyclic amines) is 1. The fourth-order valence-corrected chi connectivity index (χ4v) is 3.00. The average Bonchev–Trinajstić information content (AvgIpc) is 2.78. The van der Waals surface area contributed by atoms with Crippen LogP contribution in [0.3, 0.4) is 0 Å². The molecule has 1 heterocycles. The van der Waals surface area contributed by atoms with Crippen molar-refractivity contribution in [2.75, 3.05) is 26.7 Å². The van der Waals surface area contributed by atoms with E-state index in [1.165, 1.54) is 18.4 Å². The molecular formula is C19H30N2O2. The Labute approximate surface area is 140 Å². The van der Waals surface area contributed by atoms with Gasteiger partial charge in [-0.1, -0.05) is 31.9 Å². The highest BCUT2D eigenvalue weighted by molar-refractivity contribution is 5.81. The fourth-order valence-electron chi connectivity index (χ4n) is 3.00. The van der Waals surface area contributed by atoms with Crippen LogP contribution in [0.25, 0.3) is 0 Å². The zero-order valence-electron chi connectivity index (χ0n) is 14.5. The van der Waals surface area contributed by atoms with Crippen molar-refractivity contribution in [2.24, 2.45) is 0 Å². The summed E-state index contributed by atoms with van der Waals surface area (Å²) in [4.78, 5) is 14.5. The molecular weight excluding hydrogens is 288 g/mol. The molecule has 4 heteroatoms. The number of amides is 1. The zero-order valence-corrected chi connectivity index (χ0v) is 14.5. The van der Waals surface area contributed by atoms with Gasteiger partial charge in [0.2, 0.25) is 5.91 Å². The van der Waals surface area contributed by atoms with E-state index in [4.69, 9.17) is 4.74 Å². The lowest BCUT2D eigenvalue weighted by atomic mass is 10.1. The van der Waals surface area contributed by atoms with Crippen LogP contribution < -0.4 is 10.1 Å². The molecule has 1 aromatic rings. The molecule has 1 fully saturated rings. The van der Waals surface area contributed by atoms with E-state index in [1.807, 2.05) is 12.1 Å². The Morgan fingerprint density at radius 1 is 1.26 bits per heavy atom. The van der Waals surface area contributed by atoms with Crippen LogP contribution in [0.15, 0.2) is 24.3 Å². The number of benzene rings is 1. The molecule has 1 N–H and O–H groups in total. The summed E-state index contributed by atoms with van der Waals surface area (Å²) in [5.41, 5.74) is 1.23. The zero-order chi connectivity index (χ0) is 16.5. The van der Waals surface area contributed by atoms with Crippen molar-refractivity contribution in [1.29, 1.82) is 0 Å². The summed E-state index contributed by atoms with van der Waals surface area (Å²) in [5.74, 6) is 1.09. The van der Waals surface area contributed by atoms with Gasteiger partial charge in [0.05, 0.1) is 12.6 Å². The first-order chi connectivity index (χ1) is 11.2. The van der Waals surface area contributed by atoms with E-state index in [0.717, 1.165) is 44.6 Å². The summed E-state index contributed by atoms with van der Waals surface area (Å²) in [6.45, 7) is 4.57. The van der Waals surface area contributed by atoms with Crippen molar-refractivity contribution in [3.63, 3.8) is 0 Å². The molecule has 128 valence electrons. The lowest BCUT2D eigenvalue weighted by molar-refractivity contribution is -0.126. The normalized spacial score (nSPS) is 19.1. The molecule has 4 nitrogen and oxygen atoms in total. The van der Waals surface area contributed by atoms with Crippen molar-refractivity contribution < 1.29 is 9.53 Å². The van der Waals surface area contributed by atoms with Gasteiger partial charge in [0.25, 0.3) is 0 Å². The second-order valence-electron chi connectivity index (χ2n) is 6.38. The lowest BCUT2D eigenvalue weighted by Crippen LogP contribution is -2.45. The molecule has 1 atom stereocenters. The summed E-state index contributed by atoms with van der Waals surface area (Å²) in [7, 11) is 2.06. The highest BCUT2D eigenvalue weighted by Gasteiger charge is 2.24. The molecule has 0 spiro atoms. The molecule has 23 heavy (non-hydrogen) atoms. The van der Waals surface area contributed by atoms with Crippen LogP contribution in [0, 0.1) is 0 Å². The van der Waals surface area contributed by atoms with Gasteiger partial charge >= 0.3 is 0 Å². The maximum atomic E-state index is 12.4. The first-order valence-corrected chi connectivity index (χ1v) is 8.90. The van der Waals surface area contributed by atoms with Crippen molar-refractivity contribution >= 4 is 5.91 Å². The Hall–Kier alpha value is -1.55. The van der Waals surface area contributed by atoms with Crippen molar-refractivity contribution in [3.8, 4) is 5.75 Å². The Bertz CT molecular complexity index is 473. The Balaban J connectivity index is 1.74. The highest BCUT2D eigenvalue weighted by Crippen LogP contribution is 2.15. The molecule has 2 rings (SSSR count). The summed E-state index contributed by atoms with van der Waals surface area (Å²) < 4.78 is 5.58. The molecule has 1 aromatic carbocycles. The molecule has 0 aliphatic carbocycles. The maximum absolute atomic E-state index is 12.4. The molecule has 1 aliphatic rings. The second kappa shape index (κ2) is 9.56. The molecule has 1 amide bonds. The predicted octanol–water partition coefficient (Wildman–Crippen LogP) is 3.01. The minimum absolute atomic E-state index is 0.0438. The third-order valence-corrected chi connectivity index (χ3v) is 4.43. The van der Waals surface area contributed by atoms with Crippen molar-refractivity contribution in [3.05, 3.63) is 29.8 Å². The number of nitrogens with one attached hydrogen (secondary N) is 1. The van der Waals surface area contributed by atoms with E-state index in [9.17, 15) is 4.79 Å². The van der Waals surface area contributed by atoms with Gasteiger partial charge < -0.3 is 10.1 Å². The Kier molecular flexibility index (Phi) is 7.40. The van der Waals surface area contributed by atoms with Gasteiger partial charge in [0, 0.05) is 6.54 Å². The van der Waals surface area contributed by atoms with E-state index in [1.54, 1.807) is 0 Å². The molecule has 0 saturated carbocycles. The van der Waals surface area contributed by atoms with E-state index < -0.39 is 0 Å². The van der Waals surface area contributed by atoms with E-state index in [2.05, 4.69) is 36.3 Å². The SMILES string of the molecule is CCCOc1ccc(CCNC(=O)C2CCCCCN2C)cc1. The average molecular weight is 318 g/mol. The van der Waals surface area contributed by atoms with Crippen LogP contribution in [-0.4, -0.2) is 43.6 Å². The molecule has 0 radical (unpaired) electrons. The number of carbonyl (C=O) groups excluding carboxylic acids is 1. The minimum Gasteiger partial charge on any atom is -0.494 e. The van der Waals surface area contributed by atoms with Gasteiger partial charge in [0.15, 0.2) is 0 Å². The number of hydrogen-bond acceptors (Lipinski definition) is 3. The lowest BCUT2D eigenvalue weighted by Gasteiger charge is -2.24. The van der Waals surface area contributed by atoms with Gasteiger partial charge in [-0.3, -0.25) is 9.69 Å². The topological polar surface area (TPSA) is 41.6 Å². The first-order valence-electron chi connectivity index (χ1n) is 8.90. The minimum atomic E-state index is 0.0438. The van der Waals surface area contributed by atoms with Gasteiger partial charge in [0.1, 0.15) is 5.75 Å². The number of carbonyl (C=O) groups is 1. The molecule has 0 bridgehead atoms. The van der Waals surface area contributed by atoms with Gasteiger partial charge in [-0.05, 0) is 57.0 Å². The highest BCUT2D eigenvalue weighted by atomic mass is 16.5. The summed E-state index contributed by atoms with van der Waals surface area (Å²) >= 11 is 0. The summed E-state index contributed by atoms with van der Waals surface area (Å²) in [5, 5.41) is 3.10. The van der Waals surface area contributed by atoms with Gasteiger partial charge in [-0.25, -0.2) is 0 Å². The Morgan fingerprint density at radius 3 is 2.78 bits per heavy atom. The smallest absolute Gasteiger partial charge is 0.237 e. The molecule has 1 unspecified atom stereocenters. The predicted molar refractivity (Wildman–Crippen MR) is 93.8 cm³/mol. The summed E-state index contributed by atoms with van der Waals surface area (Å²) in [6.07, 6.45) is 6.44. The molecule has 1 saturated heterocycles. The quantitative estimate of drug-likeness (QED) is 0.840. The third kappa shape index (κ3) is 5.87. The summed E-state index contributed by atoms with van der Waals surface area (Å²) in [6, 6.07) is 8.21. The van der Waals surface area contributed by atoms with Crippen LogP contribution in [0.4, 0.5) is 0 Å². The van der Waals surface area contributed by atoms with Crippen LogP contribution in [0.5, 0.6) is 5.75 Å². The number of rotatable bonds is 7. The van der Waals surface area contributed by atoms with Gasteiger partial charge in [-0.15, -0.1) is 0 Å². The van der Waals surface area contributed by atoms with Crippen LogP contribution in [0.2, 0.25) is 0 Å². The number of ether oxygens (including phenoxy) is 1.